The van der Waals surface area contributed by atoms with E-state index in [-0.39, 0.29) is 11.8 Å². The zero-order chi connectivity index (χ0) is 28.3. The van der Waals surface area contributed by atoms with Crippen molar-refractivity contribution in [3.05, 3.63) is 65.2 Å². The van der Waals surface area contributed by atoms with Crippen LogP contribution in [-0.4, -0.2) is 66.4 Å². The van der Waals surface area contributed by atoms with Crippen molar-refractivity contribution in [2.45, 2.75) is 12.0 Å². The lowest BCUT2D eigenvalue weighted by molar-refractivity contribution is -0.119. The molecule has 10 nitrogen and oxygen atoms in total. The first-order valence-electron chi connectivity index (χ1n) is 12.1. The van der Waals surface area contributed by atoms with E-state index in [9.17, 15) is 9.59 Å². The van der Waals surface area contributed by atoms with E-state index in [1.165, 1.54) is 35.5 Å². The van der Waals surface area contributed by atoms with Gasteiger partial charge < -0.3 is 38.6 Å². The molecule has 2 amide bonds. The molecule has 0 radical (unpaired) electrons. The Morgan fingerprint density at radius 2 is 1.21 bits per heavy atom. The standard InChI is InChI=1S/C29H32N2O8/c1-31-27(16-8-10-20(34-2)22(12-16)36-4)26(18-14-24(38-6)25(39-7)15-19(18)29(31)33)28(32)30-17-9-11-21(35-3)23(13-17)37-5/h8-15,26-27H,1-7H3,(H,30,32)/t26-,27-/m1/s1. The number of carbonyl (C=O) groups excluding carboxylic acids is 2. The van der Waals surface area contributed by atoms with Crippen molar-refractivity contribution < 1.29 is 38.0 Å². The van der Waals surface area contributed by atoms with Gasteiger partial charge >= 0.3 is 0 Å². The van der Waals surface area contributed by atoms with Crippen LogP contribution in [0.3, 0.4) is 0 Å². The summed E-state index contributed by atoms with van der Waals surface area (Å²) in [6.07, 6.45) is 0. The predicted molar refractivity (Wildman–Crippen MR) is 145 cm³/mol. The summed E-state index contributed by atoms with van der Waals surface area (Å²) in [7, 11) is 10.8. The third-order valence-corrected chi connectivity index (χ3v) is 6.86. The lowest BCUT2D eigenvalue weighted by atomic mass is 9.79. The highest BCUT2D eigenvalue weighted by molar-refractivity contribution is 6.05. The molecule has 0 spiro atoms. The van der Waals surface area contributed by atoms with E-state index in [2.05, 4.69) is 5.32 Å². The Kier molecular flexibility index (Phi) is 8.04. The fourth-order valence-corrected chi connectivity index (χ4v) is 4.92. The molecule has 39 heavy (non-hydrogen) atoms. The van der Waals surface area contributed by atoms with Gasteiger partial charge in [-0.1, -0.05) is 6.07 Å². The summed E-state index contributed by atoms with van der Waals surface area (Å²) in [5.74, 6) is 1.38. The van der Waals surface area contributed by atoms with Gasteiger partial charge in [0.05, 0.1) is 54.6 Å². The molecular weight excluding hydrogens is 504 g/mol. The van der Waals surface area contributed by atoms with E-state index in [0.717, 1.165) is 0 Å². The van der Waals surface area contributed by atoms with E-state index in [0.29, 0.717) is 56.9 Å². The highest BCUT2D eigenvalue weighted by atomic mass is 16.5. The number of nitrogens with zero attached hydrogens (tertiary/aromatic N) is 1. The summed E-state index contributed by atoms with van der Waals surface area (Å²) in [6.45, 7) is 0. The van der Waals surface area contributed by atoms with Gasteiger partial charge in [0.15, 0.2) is 34.5 Å². The number of benzene rings is 3. The minimum absolute atomic E-state index is 0.263. The Morgan fingerprint density at radius 3 is 1.79 bits per heavy atom. The van der Waals surface area contributed by atoms with Crippen molar-refractivity contribution in [1.29, 1.82) is 0 Å². The maximum Gasteiger partial charge on any atom is 0.254 e. The van der Waals surface area contributed by atoms with Crippen LogP contribution in [0.5, 0.6) is 34.5 Å². The van der Waals surface area contributed by atoms with Crippen molar-refractivity contribution in [3.8, 4) is 34.5 Å². The van der Waals surface area contributed by atoms with Crippen LogP contribution < -0.4 is 33.7 Å². The number of hydrogen-bond acceptors (Lipinski definition) is 8. The predicted octanol–water partition coefficient (Wildman–Crippen LogP) is 4.29. The molecule has 0 aromatic heterocycles. The molecule has 2 atom stereocenters. The summed E-state index contributed by atoms with van der Waals surface area (Å²) < 4.78 is 32.6. The molecule has 0 bridgehead atoms. The third-order valence-electron chi connectivity index (χ3n) is 6.86. The van der Waals surface area contributed by atoms with Gasteiger partial charge in [0.2, 0.25) is 5.91 Å². The number of fused-ring (bicyclic) bond motifs is 1. The number of likely N-dealkylation sites (N-methyl/N-ethyl adjacent to an activating group) is 1. The molecule has 0 aliphatic carbocycles. The maximum atomic E-state index is 14.1. The van der Waals surface area contributed by atoms with E-state index in [1.807, 2.05) is 6.07 Å². The summed E-state index contributed by atoms with van der Waals surface area (Å²) in [5, 5.41) is 2.99. The zero-order valence-electron chi connectivity index (χ0n) is 23.0. The zero-order valence-corrected chi connectivity index (χ0v) is 23.0. The molecule has 10 heteroatoms. The number of hydrogen-bond donors (Lipinski definition) is 1. The number of carbonyl (C=O) groups is 2. The molecule has 0 unspecified atom stereocenters. The van der Waals surface area contributed by atoms with Crippen molar-refractivity contribution in [1.82, 2.24) is 4.90 Å². The van der Waals surface area contributed by atoms with Crippen molar-refractivity contribution in [2.75, 3.05) is 55.0 Å². The monoisotopic (exact) mass is 536 g/mol. The van der Waals surface area contributed by atoms with Crippen LogP contribution in [0, 0.1) is 0 Å². The Bertz CT molecular complexity index is 1390. The summed E-state index contributed by atoms with van der Waals surface area (Å²) >= 11 is 0. The van der Waals surface area contributed by atoms with E-state index < -0.39 is 12.0 Å². The van der Waals surface area contributed by atoms with Crippen LogP contribution in [-0.2, 0) is 4.79 Å². The number of ether oxygens (including phenoxy) is 6. The van der Waals surface area contributed by atoms with Gasteiger partial charge in [0.1, 0.15) is 0 Å². The van der Waals surface area contributed by atoms with Crippen LogP contribution in [0.4, 0.5) is 5.69 Å². The van der Waals surface area contributed by atoms with Crippen LogP contribution >= 0.6 is 0 Å². The number of nitrogens with one attached hydrogen (secondary N) is 1. The van der Waals surface area contributed by atoms with Gasteiger partial charge in [-0.25, -0.2) is 0 Å². The molecule has 0 saturated heterocycles. The number of amides is 2. The maximum absolute atomic E-state index is 14.1. The first-order chi connectivity index (χ1) is 18.8. The molecule has 1 heterocycles. The van der Waals surface area contributed by atoms with Crippen molar-refractivity contribution in [3.63, 3.8) is 0 Å². The number of anilines is 1. The minimum Gasteiger partial charge on any atom is -0.493 e. The lowest BCUT2D eigenvalue weighted by Crippen LogP contribution is -2.44. The molecule has 0 saturated carbocycles. The second-order valence-corrected chi connectivity index (χ2v) is 8.81. The smallest absolute Gasteiger partial charge is 0.254 e. The normalized spacial score (nSPS) is 16.2. The van der Waals surface area contributed by atoms with Gasteiger partial charge in [-0.2, -0.15) is 0 Å². The topological polar surface area (TPSA) is 105 Å². The van der Waals surface area contributed by atoms with Gasteiger partial charge in [-0.15, -0.1) is 0 Å². The molecule has 1 aliphatic rings. The Morgan fingerprint density at radius 1 is 0.692 bits per heavy atom. The molecule has 0 fully saturated rings. The van der Waals surface area contributed by atoms with E-state index >= 15 is 0 Å². The molecule has 206 valence electrons. The molecule has 1 N–H and O–H groups in total. The SMILES string of the molecule is COc1ccc(NC(=O)[C@@H]2c3cc(OC)c(OC)cc3C(=O)N(C)[C@@H]2c2ccc(OC)c(OC)c2)cc1OC. The average molecular weight is 537 g/mol. The molecule has 1 aliphatic heterocycles. The third kappa shape index (κ3) is 4.97. The van der Waals surface area contributed by atoms with Gasteiger partial charge in [0.25, 0.3) is 5.91 Å². The van der Waals surface area contributed by atoms with Gasteiger partial charge in [-0.05, 0) is 47.5 Å². The first-order valence-corrected chi connectivity index (χ1v) is 12.1. The lowest BCUT2D eigenvalue weighted by Gasteiger charge is -2.40. The van der Waals surface area contributed by atoms with E-state index in [4.69, 9.17) is 28.4 Å². The highest BCUT2D eigenvalue weighted by Crippen LogP contribution is 2.47. The van der Waals surface area contributed by atoms with E-state index in [1.54, 1.807) is 61.5 Å². The fourth-order valence-electron chi connectivity index (χ4n) is 4.92. The Balaban J connectivity index is 1.88. The fraction of sp³-hybridized carbons (Fsp3) is 0.310. The summed E-state index contributed by atoms with van der Waals surface area (Å²) in [4.78, 5) is 29.3. The van der Waals surface area contributed by atoms with Gasteiger partial charge in [-0.3, -0.25) is 9.59 Å². The second kappa shape index (κ2) is 11.4. The van der Waals surface area contributed by atoms with Crippen LogP contribution in [0.2, 0.25) is 0 Å². The molecule has 4 rings (SSSR count). The Hall–Kier alpha value is -4.60. The second-order valence-electron chi connectivity index (χ2n) is 8.81. The largest absolute Gasteiger partial charge is 0.493 e. The minimum atomic E-state index is -0.825. The molecule has 3 aromatic rings. The Labute approximate surface area is 227 Å². The number of methoxy groups -OCH3 is 6. The van der Waals surface area contributed by atoms with Crippen LogP contribution in [0.15, 0.2) is 48.5 Å². The van der Waals surface area contributed by atoms with Crippen molar-refractivity contribution in [2.24, 2.45) is 0 Å². The van der Waals surface area contributed by atoms with Crippen LogP contribution in [0.1, 0.15) is 33.4 Å². The first kappa shape index (κ1) is 27.4. The van der Waals surface area contributed by atoms with Crippen LogP contribution in [0.25, 0.3) is 0 Å². The quantitative estimate of drug-likeness (QED) is 0.432. The molecule has 3 aromatic carbocycles. The van der Waals surface area contributed by atoms with Crippen molar-refractivity contribution >= 4 is 17.5 Å². The average Bonchev–Trinajstić information content (AvgIpc) is 2.97. The summed E-state index contributed by atoms with van der Waals surface area (Å²) in [5.41, 5.74) is 2.05. The highest BCUT2D eigenvalue weighted by Gasteiger charge is 2.44. The van der Waals surface area contributed by atoms with Gasteiger partial charge in [0, 0.05) is 24.4 Å². The summed E-state index contributed by atoms with van der Waals surface area (Å²) in [6, 6.07) is 13.1. The molecular formula is C29H32N2O8. The number of rotatable bonds is 9.